The third-order valence-corrected chi connectivity index (χ3v) is 2.56. The average Bonchev–Trinajstić information content (AvgIpc) is 2.20. The Bertz CT molecular complexity index is 416. The van der Waals surface area contributed by atoms with Crippen LogP contribution in [-0.4, -0.2) is 6.54 Å². The van der Waals surface area contributed by atoms with Crippen LogP contribution in [0.25, 0.3) is 12.2 Å². The molecule has 1 rings (SSSR count). The van der Waals surface area contributed by atoms with E-state index in [1.54, 1.807) is 0 Å². The zero-order chi connectivity index (χ0) is 10.6. The number of aryl methyl sites for hydroxylation is 2. The standard InChI is InChI=1S/C13H19N/c1-4-11-8-10(3)13(6-7-14)9-12(11)5-2/h4,6,8-9H,5,7,14H2,1-3H3/b11-4-,13-6-. The van der Waals surface area contributed by atoms with E-state index in [0.717, 1.165) is 6.42 Å². The summed E-state index contributed by atoms with van der Waals surface area (Å²) < 4.78 is 0. The molecule has 2 N–H and O–H groups in total. The quantitative estimate of drug-likeness (QED) is 0.740. The molecule has 0 aromatic heterocycles. The van der Waals surface area contributed by atoms with Crippen LogP contribution in [0.5, 0.6) is 0 Å². The lowest BCUT2D eigenvalue weighted by Crippen LogP contribution is -2.18. The lowest BCUT2D eigenvalue weighted by Gasteiger charge is -2.02. The maximum atomic E-state index is 5.53. The third-order valence-electron chi connectivity index (χ3n) is 2.56. The molecule has 1 heteroatoms. The monoisotopic (exact) mass is 189 g/mol. The molecule has 0 amide bonds. The van der Waals surface area contributed by atoms with E-state index < -0.39 is 0 Å². The molecule has 0 heterocycles. The van der Waals surface area contributed by atoms with Crippen LogP contribution < -0.4 is 16.2 Å². The van der Waals surface area contributed by atoms with Gasteiger partial charge in [0.15, 0.2) is 0 Å². The maximum Gasteiger partial charge on any atom is 0.0115 e. The predicted molar refractivity (Wildman–Crippen MR) is 63.5 cm³/mol. The first-order chi connectivity index (χ1) is 6.72. The second-order valence-corrected chi connectivity index (χ2v) is 3.49. The second kappa shape index (κ2) is 4.97. The van der Waals surface area contributed by atoms with E-state index >= 15 is 0 Å². The summed E-state index contributed by atoms with van der Waals surface area (Å²) in [5.74, 6) is 0. The topological polar surface area (TPSA) is 26.0 Å². The Labute approximate surface area is 85.9 Å². The summed E-state index contributed by atoms with van der Waals surface area (Å²) in [6.45, 7) is 7.01. The SMILES string of the molecule is C/C=c1/cc(C)/c(=C\CN)cc1CC. The molecular formula is C13H19N. The molecule has 0 bridgehead atoms. The van der Waals surface area contributed by atoms with E-state index in [9.17, 15) is 0 Å². The Morgan fingerprint density at radius 1 is 1.29 bits per heavy atom. The Kier molecular flexibility index (Phi) is 3.90. The van der Waals surface area contributed by atoms with Crippen LogP contribution in [0.2, 0.25) is 0 Å². The van der Waals surface area contributed by atoms with Crippen LogP contribution in [0.4, 0.5) is 0 Å². The summed E-state index contributed by atoms with van der Waals surface area (Å²) >= 11 is 0. The van der Waals surface area contributed by atoms with Crippen LogP contribution in [0.1, 0.15) is 25.0 Å². The third kappa shape index (κ3) is 2.24. The molecule has 0 aliphatic rings. The molecule has 0 unspecified atom stereocenters. The summed E-state index contributed by atoms with van der Waals surface area (Å²) in [4.78, 5) is 0. The molecule has 0 saturated carbocycles. The van der Waals surface area contributed by atoms with Crippen LogP contribution in [0, 0.1) is 6.92 Å². The lowest BCUT2D eigenvalue weighted by atomic mass is 10.0. The van der Waals surface area contributed by atoms with Crippen molar-refractivity contribution in [3.05, 3.63) is 33.7 Å². The minimum absolute atomic E-state index is 0.610. The lowest BCUT2D eigenvalue weighted by molar-refractivity contribution is 1.10. The van der Waals surface area contributed by atoms with Crippen LogP contribution >= 0.6 is 0 Å². The smallest absolute Gasteiger partial charge is 0.0115 e. The summed E-state index contributed by atoms with van der Waals surface area (Å²) in [5.41, 5.74) is 8.24. The van der Waals surface area contributed by atoms with Crippen LogP contribution in [0.3, 0.4) is 0 Å². The molecule has 0 radical (unpaired) electrons. The molecule has 1 nitrogen and oxygen atoms in total. The van der Waals surface area contributed by atoms with Gasteiger partial charge in [0.2, 0.25) is 0 Å². The van der Waals surface area contributed by atoms with E-state index in [4.69, 9.17) is 5.73 Å². The van der Waals surface area contributed by atoms with Crippen molar-refractivity contribution in [2.75, 3.05) is 6.54 Å². The van der Waals surface area contributed by atoms with Gasteiger partial charge in [-0.3, -0.25) is 0 Å². The number of benzene rings is 1. The summed E-state index contributed by atoms with van der Waals surface area (Å²) in [7, 11) is 0. The van der Waals surface area contributed by atoms with Crippen LogP contribution in [-0.2, 0) is 6.42 Å². The van der Waals surface area contributed by atoms with Crippen molar-refractivity contribution in [3.8, 4) is 0 Å². The molecule has 0 spiro atoms. The van der Waals surface area contributed by atoms with Crippen molar-refractivity contribution in [2.24, 2.45) is 5.73 Å². The van der Waals surface area contributed by atoms with Crippen molar-refractivity contribution < 1.29 is 0 Å². The largest absolute Gasteiger partial charge is 0.327 e. The number of nitrogens with two attached hydrogens (primary N) is 1. The minimum atomic E-state index is 0.610. The zero-order valence-corrected chi connectivity index (χ0v) is 9.30. The predicted octanol–water partition coefficient (Wildman–Crippen LogP) is 1.10. The number of hydrogen-bond donors (Lipinski definition) is 1. The second-order valence-electron chi connectivity index (χ2n) is 3.49. The average molecular weight is 189 g/mol. The van der Waals surface area contributed by atoms with Crippen molar-refractivity contribution in [3.63, 3.8) is 0 Å². The Morgan fingerprint density at radius 3 is 2.50 bits per heavy atom. The number of rotatable bonds is 2. The van der Waals surface area contributed by atoms with Gasteiger partial charge in [0.1, 0.15) is 0 Å². The van der Waals surface area contributed by atoms with Crippen molar-refractivity contribution in [2.45, 2.75) is 27.2 Å². The van der Waals surface area contributed by atoms with Crippen molar-refractivity contribution >= 4 is 12.2 Å². The Morgan fingerprint density at radius 2 is 2.00 bits per heavy atom. The van der Waals surface area contributed by atoms with Crippen LogP contribution in [0.15, 0.2) is 12.1 Å². The van der Waals surface area contributed by atoms with Gasteiger partial charge in [0.25, 0.3) is 0 Å². The molecule has 1 aromatic rings. The highest BCUT2D eigenvalue weighted by Gasteiger charge is 1.94. The molecule has 1 aromatic carbocycles. The van der Waals surface area contributed by atoms with Gasteiger partial charge < -0.3 is 5.73 Å². The fourth-order valence-electron chi connectivity index (χ4n) is 1.72. The maximum absolute atomic E-state index is 5.53. The summed E-state index contributed by atoms with van der Waals surface area (Å²) in [6.07, 6.45) is 5.32. The van der Waals surface area contributed by atoms with E-state index in [2.05, 4.69) is 45.1 Å². The molecule has 14 heavy (non-hydrogen) atoms. The van der Waals surface area contributed by atoms with Gasteiger partial charge in [-0.2, -0.15) is 0 Å². The fourth-order valence-corrected chi connectivity index (χ4v) is 1.72. The van der Waals surface area contributed by atoms with E-state index in [-0.39, 0.29) is 0 Å². The van der Waals surface area contributed by atoms with E-state index in [1.807, 2.05) is 0 Å². The van der Waals surface area contributed by atoms with Crippen molar-refractivity contribution in [1.29, 1.82) is 0 Å². The van der Waals surface area contributed by atoms with Gasteiger partial charge in [-0.15, -0.1) is 0 Å². The van der Waals surface area contributed by atoms with Gasteiger partial charge in [-0.1, -0.05) is 31.2 Å². The molecule has 0 aliphatic carbocycles. The first-order valence-electron chi connectivity index (χ1n) is 5.19. The normalized spacial score (nSPS) is 13.7. The minimum Gasteiger partial charge on any atom is -0.327 e. The van der Waals surface area contributed by atoms with Gasteiger partial charge in [-0.05, 0) is 41.8 Å². The van der Waals surface area contributed by atoms with Gasteiger partial charge in [0.05, 0.1) is 0 Å². The molecule has 0 atom stereocenters. The van der Waals surface area contributed by atoms with Gasteiger partial charge in [0, 0.05) is 6.54 Å². The Hall–Kier alpha value is -1.08. The molecular weight excluding hydrogens is 170 g/mol. The first kappa shape index (κ1) is 11.0. The highest BCUT2D eigenvalue weighted by atomic mass is 14.5. The van der Waals surface area contributed by atoms with E-state index in [0.29, 0.717) is 6.54 Å². The van der Waals surface area contributed by atoms with Gasteiger partial charge >= 0.3 is 0 Å². The zero-order valence-electron chi connectivity index (χ0n) is 9.30. The Balaban J connectivity index is 3.47. The number of hydrogen-bond acceptors (Lipinski definition) is 1. The highest BCUT2D eigenvalue weighted by molar-refractivity contribution is 5.37. The van der Waals surface area contributed by atoms with Gasteiger partial charge in [-0.25, -0.2) is 0 Å². The molecule has 0 saturated heterocycles. The van der Waals surface area contributed by atoms with Crippen molar-refractivity contribution in [1.82, 2.24) is 0 Å². The molecule has 0 fully saturated rings. The molecule has 76 valence electrons. The fraction of sp³-hybridized carbons (Fsp3) is 0.385. The first-order valence-corrected chi connectivity index (χ1v) is 5.19. The molecule has 0 aliphatic heterocycles. The summed E-state index contributed by atoms with van der Waals surface area (Å²) in [6, 6.07) is 4.48. The summed E-state index contributed by atoms with van der Waals surface area (Å²) in [5, 5.41) is 2.62. The highest BCUT2D eigenvalue weighted by Crippen LogP contribution is 1.92. The van der Waals surface area contributed by atoms with E-state index in [1.165, 1.54) is 21.6 Å².